The van der Waals surface area contributed by atoms with Gasteiger partial charge in [-0.3, -0.25) is 14.6 Å². The summed E-state index contributed by atoms with van der Waals surface area (Å²) in [5.41, 5.74) is 2.94. The van der Waals surface area contributed by atoms with Gasteiger partial charge in [-0.15, -0.1) is 11.8 Å². The molecule has 31 heavy (non-hydrogen) atoms. The molecule has 4 rings (SSSR count). The van der Waals surface area contributed by atoms with Crippen LogP contribution in [0.15, 0.2) is 101 Å². The summed E-state index contributed by atoms with van der Waals surface area (Å²) >= 11 is 1.71. The zero-order valence-corrected chi connectivity index (χ0v) is 17.3. The summed E-state index contributed by atoms with van der Waals surface area (Å²) in [6, 6.07) is 21.6. The molecule has 0 atom stereocenters. The molecule has 2 aromatic carbocycles. The van der Waals surface area contributed by atoms with Crippen LogP contribution >= 0.6 is 11.8 Å². The molecule has 154 valence electrons. The van der Waals surface area contributed by atoms with E-state index in [0.29, 0.717) is 16.9 Å². The first-order chi connectivity index (χ1) is 15.2. The smallest absolute Gasteiger partial charge is 0.291 e. The highest BCUT2D eigenvalue weighted by Gasteiger charge is 2.10. The summed E-state index contributed by atoms with van der Waals surface area (Å²) in [5.74, 6) is 0.495. The molecule has 0 fully saturated rings. The van der Waals surface area contributed by atoms with Crippen molar-refractivity contribution in [1.82, 2.24) is 4.98 Å². The fraction of sp³-hybridized carbons (Fsp3) is 0.0417. The van der Waals surface area contributed by atoms with E-state index in [0.717, 1.165) is 16.2 Å². The lowest BCUT2D eigenvalue weighted by Crippen LogP contribution is -2.13. The number of amides is 2. The van der Waals surface area contributed by atoms with E-state index in [1.807, 2.05) is 42.6 Å². The number of rotatable bonds is 7. The SMILES string of the molecule is O=C(Nc1ccc(SCc2cccnc2)cc1)c1ccc(NC(=O)c2ccco2)cc1. The molecular formula is C24H19N3O3S. The van der Waals surface area contributed by atoms with Crippen LogP contribution in [0.3, 0.4) is 0 Å². The number of pyridine rings is 1. The first-order valence-electron chi connectivity index (χ1n) is 9.55. The van der Waals surface area contributed by atoms with Crippen LogP contribution < -0.4 is 10.6 Å². The topological polar surface area (TPSA) is 84.2 Å². The molecule has 0 unspecified atom stereocenters. The molecule has 4 aromatic rings. The Morgan fingerprint density at radius 1 is 0.839 bits per heavy atom. The number of nitrogens with one attached hydrogen (secondary N) is 2. The third-order valence-corrected chi connectivity index (χ3v) is 5.47. The second kappa shape index (κ2) is 9.77. The minimum Gasteiger partial charge on any atom is -0.459 e. The van der Waals surface area contributed by atoms with Crippen LogP contribution in [0.1, 0.15) is 26.5 Å². The summed E-state index contributed by atoms with van der Waals surface area (Å²) in [7, 11) is 0. The Hall–Kier alpha value is -3.84. The van der Waals surface area contributed by atoms with E-state index in [1.54, 1.807) is 54.4 Å². The van der Waals surface area contributed by atoms with Crippen LogP contribution in [0, 0.1) is 0 Å². The van der Waals surface area contributed by atoms with Gasteiger partial charge in [-0.2, -0.15) is 0 Å². The Labute approximate surface area is 183 Å². The number of benzene rings is 2. The van der Waals surface area contributed by atoms with E-state index in [4.69, 9.17) is 4.42 Å². The number of hydrogen-bond donors (Lipinski definition) is 2. The van der Waals surface area contributed by atoms with Crippen molar-refractivity contribution in [1.29, 1.82) is 0 Å². The van der Waals surface area contributed by atoms with E-state index in [9.17, 15) is 9.59 Å². The van der Waals surface area contributed by atoms with Crippen molar-refractivity contribution in [3.8, 4) is 0 Å². The molecule has 0 aliphatic heterocycles. The van der Waals surface area contributed by atoms with Gasteiger partial charge < -0.3 is 15.1 Å². The lowest BCUT2D eigenvalue weighted by atomic mass is 10.2. The van der Waals surface area contributed by atoms with Gasteiger partial charge in [0.25, 0.3) is 11.8 Å². The maximum Gasteiger partial charge on any atom is 0.291 e. The third-order valence-electron chi connectivity index (χ3n) is 4.39. The van der Waals surface area contributed by atoms with Gasteiger partial charge in [-0.1, -0.05) is 6.07 Å². The summed E-state index contributed by atoms with van der Waals surface area (Å²) in [6.07, 6.45) is 5.06. The van der Waals surface area contributed by atoms with Crippen LogP contribution in [-0.2, 0) is 5.75 Å². The predicted molar refractivity (Wildman–Crippen MR) is 121 cm³/mol. The number of aromatic nitrogens is 1. The zero-order chi connectivity index (χ0) is 21.5. The van der Waals surface area contributed by atoms with E-state index >= 15 is 0 Å². The van der Waals surface area contributed by atoms with Crippen molar-refractivity contribution in [3.63, 3.8) is 0 Å². The quantitative estimate of drug-likeness (QED) is 0.381. The molecule has 2 N–H and O–H groups in total. The molecule has 0 radical (unpaired) electrons. The maximum atomic E-state index is 12.5. The number of carbonyl (C=O) groups is 2. The number of furan rings is 1. The van der Waals surface area contributed by atoms with E-state index in [-0.39, 0.29) is 17.6 Å². The molecule has 2 aromatic heterocycles. The van der Waals surface area contributed by atoms with Crippen LogP contribution in [0.5, 0.6) is 0 Å². The molecule has 0 bridgehead atoms. The lowest BCUT2D eigenvalue weighted by molar-refractivity contribution is 0.0995. The number of anilines is 2. The standard InChI is InChI=1S/C24H19N3O3S/c28-23(18-5-7-19(8-6-18)27-24(29)22-4-2-14-30-22)26-20-9-11-21(12-10-20)31-16-17-3-1-13-25-15-17/h1-15H,16H2,(H,26,28)(H,27,29). The number of hydrogen-bond acceptors (Lipinski definition) is 5. The Balaban J connectivity index is 1.31. The van der Waals surface area contributed by atoms with Crippen molar-refractivity contribution in [2.45, 2.75) is 10.6 Å². The highest BCUT2D eigenvalue weighted by molar-refractivity contribution is 7.98. The molecule has 2 amide bonds. The van der Waals surface area contributed by atoms with Gasteiger partial charge in [0.1, 0.15) is 0 Å². The molecule has 7 heteroatoms. The van der Waals surface area contributed by atoms with Gasteiger partial charge in [-0.05, 0) is 72.3 Å². The first-order valence-corrected chi connectivity index (χ1v) is 10.5. The van der Waals surface area contributed by atoms with Crippen molar-refractivity contribution in [2.75, 3.05) is 10.6 Å². The summed E-state index contributed by atoms with van der Waals surface area (Å²) in [6.45, 7) is 0. The molecule has 2 heterocycles. The predicted octanol–water partition coefficient (Wildman–Crippen LogP) is 5.47. The second-order valence-electron chi connectivity index (χ2n) is 6.64. The van der Waals surface area contributed by atoms with Crippen LogP contribution in [0.2, 0.25) is 0 Å². The van der Waals surface area contributed by atoms with Crippen molar-refractivity contribution < 1.29 is 14.0 Å². The molecule has 6 nitrogen and oxygen atoms in total. The Morgan fingerprint density at radius 3 is 2.19 bits per heavy atom. The fourth-order valence-electron chi connectivity index (χ4n) is 2.79. The molecule has 0 saturated heterocycles. The molecule has 0 spiro atoms. The first kappa shape index (κ1) is 20.4. The average Bonchev–Trinajstić information content (AvgIpc) is 3.35. The molecular weight excluding hydrogens is 410 g/mol. The monoisotopic (exact) mass is 429 g/mol. The fourth-order valence-corrected chi connectivity index (χ4v) is 3.63. The van der Waals surface area contributed by atoms with Gasteiger partial charge >= 0.3 is 0 Å². The van der Waals surface area contributed by atoms with Gasteiger partial charge in [0.05, 0.1) is 6.26 Å². The van der Waals surface area contributed by atoms with E-state index in [2.05, 4.69) is 15.6 Å². The second-order valence-corrected chi connectivity index (χ2v) is 7.69. The van der Waals surface area contributed by atoms with E-state index < -0.39 is 0 Å². The van der Waals surface area contributed by atoms with Crippen molar-refractivity contribution in [3.05, 3.63) is 108 Å². The van der Waals surface area contributed by atoms with Gasteiger partial charge in [0.15, 0.2) is 5.76 Å². The lowest BCUT2D eigenvalue weighted by Gasteiger charge is -2.08. The Bertz CT molecular complexity index is 1140. The van der Waals surface area contributed by atoms with Crippen LogP contribution in [0.4, 0.5) is 11.4 Å². The average molecular weight is 430 g/mol. The molecule has 0 saturated carbocycles. The Morgan fingerprint density at radius 2 is 1.55 bits per heavy atom. The van der Waals surface area contributed by atoms with Gasteiger partial charge in [0.2, 0.25) is 0 Å². The zero-order valence-electron chi connectivity index (χ0n) is 16.4. The minimum absolute atomic E-state index is 0.223. The van der Waals surface area contributed by atoms with Gasteiger partial charge in [0, 0.05) is 40.0 Å². The normalized spacial score (nSPS) is 10.5. The molecule has 0 aliphatic carbocycles. The largest absolute Gasteiger partial charge is 0.459 e. The van der Waals surface area contributed by atoms with Crippen molar-refractivity contribution >= 4 is 35.0 Å². The third kappa shape index (κ3) is 5.61. The summed E-state index contributed by atoms with van der Waals surface area (Å²) < 4.78 is 5.06. The summed E-state index contributed by atoms with van der Waals surface area (Å²) in [5, 5.41) is 5.60. The maximum absolute atomic E-state index is 12.5. The van der Waals surface area contributed by atoms with Crippen LogP contribution in [-0.4, -0.2) is 16.8 Å². The Kier molecular flexibility index (Phi) is 6.44. The highest BCUT2D eigenvalue weighted by atomic mass is 32.2. The number of thioether (sulfide) groups is 1. The van der Waals surface area contributed by atoms with Crippen LogP contribution in [0.25, 0.3) is 0 Å². The van der Waals surface area contributed by atoms with E-state index in [1.165, 1.54) is 6.26 Å². The number of nitrogens with zero attached hydrogens (tertiary/aromatic N) is 1. The molecule has 0 aliphatic rings. The van der Waals surface area contributed by atoms with Gasteiger partial charge in [-0.25, -0.2) is 0 Å². The number of carbonyl (C=O) groups excluding carboxylic acids is 2. The highest BCUT2D eigenvalue weighted by Crippen LogP contribution is 2.24. The minimum atomic E-state index is -0.344. The summed E-state index contributed by atoms with van der Waals surface area (Å²) in [4.78, 5) is 29.7. The van der Waals surface area contributed by atoms with Crippen molar-refractivity contribution in [2.24, 2.45) is 0 Å².